The zero-order chi connectivity index (χ0) is 14.8. The minimum absolute atomic E-state index is 0.275. The second kappa shape index (κ2) is 5.75. The van der Waals surface area contributed by atoms with Crippen molar-refractivity contribution < 1.29 is 4.79 Å². The second-order valence-corrected chi connectivity index (χ2v) is 5.39. The molecule has 5 nitrogen and oxygen atoms in total. The summed E-state index contributed by atoms with van der Waals surface area (Å²) in [6.07, 6.45) is 5.31. The number of fused-ring (bicyclic) bond motifs is 1. The molecule has 0 unspecified atom stereocenters. The Bertz CT molecular complexity index is 800. The van der Waals surface area contributed by atoms with E-state index >= 15 is 0 Å². The fourth-order valence-electron chi connectivity index (χ4n) is 1.96. The third-order valence-corrected chi connectivity index (χ3v) is 3.78. The number of halogens is 1. The van der Waals surface area contributed by atoms with Crippen LogP contribution < -0.4 is 5.32 Å². The number of thioether (sulfide) groups is 1. The summed E-state index contributed by atoms with van der Waals surface area (Å²) < 4.78 is 1.89. The molecule has 21 heavy (non-hydrogen) atoms. The number of hydrogen-bond acceptors (Lipinski definition) is 4. The van der Waals surface area contributed by atoms with Crippen LogP contribution in [0.4, 0.5) is 5.69 Å². The number of hydrogen-bond donors (Lipinski definition) is 1. The first-order chi connectivity index (χ1) is 10.2. The summed E-state index contributed by atoms with van der Waals surface area (Å²) >= 11 is 7.21. The van der Waals surface area contributed by atoms with Crippen LogP contribution in [0.15, 0.2) is 47.9 Å². The molecule has 0 aliphatic rings. The van der Waals surface area contributed by atoms with E-state index in [1.165, 1.54) is 18.0 Å². The lowest BCUT2D eigenvalue weighted by atomic mass is 10.3. The van der Waals surface area contributed by atoms with Gasteiger partial charge in [0.1, 0.15) is 5.15 Å². The number of carbonyl (C=O) groups excluding carboxylic acids is 1. The van der Waals surface area contributed by atoms with Gasteiger partial charge in [0.25, 0.3) is 5.91 Å². The largest absolute Gasteiger partial charge is 0.319 e. The smallest absolute Gasteiger partial charge is 0.276 e. The van der Waals surface area contributed by atoms with Crippen molar-refractivity contribution in [2.75, 3.05) is 11.6 Å². The average molecular weight is 319 g/mol. The molecule has 0 bridgehead atoms. The van der Waals surface area contributed by atoms with Crippen LogP contribution in [0, 0.1) is 0 Å². The van der Waals surface area contributed by atoms with Crippen molar-refractivity contribution in [1.82, 2.24) is 14.4 Å². The number of anilines is 1. The van der Waals surface area contributed by atoms with E-state index in [4.69, 9.17) is 11.6 Å². The molecule has 3 rings (SSSR count). The molecule has 1 N–H and O–H groups in total. The first-order valence-electron chi connectivity index (χ1n) is 6.13. The molecule has 1 amide bonds. The highest BCUT2D eigenvalue weighted by atomic mass is 35.5. The van der Waals surface area contributed by atoms with E-state index in [0.717, 1.165) is 10.7 Å². The number of pyridine rings is 2. The molecule has 0 aliphatic heterocycles. The third kappa shape index (κ3) is 2.72. The molecular weight excluding hydrogens is 308 g/mol. The fraction of sp³-hybridized carbons (Fsp3) is 0.0714. The van der Waals surface area contributed by atoms with E-state index in [2.05, 4.69) is 15.3 Å². The number of aromatic nitrogens is 3. The predicted molar refractivity (Wildman–Crippen MR) is 84.2 cm³/mol. The number of amides is 1. The molecule has 106 valence electrons. The molecule has 3 heterocycles. The van der Waals surface area contributed by atoms with E-state index in [9.17, 15) is 4.79 Å². The Morgan fingerprint density at radius 1 is 1.33 bits per heavy atom. The molecule has 0 spiro atoms. The zero-order valence-electron chi connectivity index (χ0n) is 11.1. The maximum atomic E-state index is 12.4. The van der Waals surface area contributed by atoms with Gasteiger partial charge < -0.3 is 5.32 Å². The van der Waals surface area contributed by atoms with Crippen molar-refractivity contribution in [3.63, 3.8) is 0 Å². The van der Waals surface area contributed by atoms with E-state index in [0.29, 0.717) is 16.5 Å². The summed E-state index contributed by atoms with van der Waals surface area (Å²) in [7, 11) is 0. The van der Waals surface area contributed by atoms with Crippen LogP contribution in [0.1, 0.15) is 10.5 Å². The highest BCUT2D eigenvalue weighted by molar-refractivity contribution is 7.98. The number of nitrogens with zero attached hydrogens (tertiary/aromatic N) is 3. The Labute approximate surface area is 130 Å². The van der Waals surface area contributed by atoms with Crippen molar-refractivity contribution in [3.8, 4) is 0 Å². The lowest BCUT2D eigenvalue weighted by Crippen LogP contribution is -2.13. The van der Waals surface area contributed by atoms with Gasteiger partial charge >= 0.3 is 0 Å². The normalized spacial score (nSPS) is 10.8. The maximum Gasteiger partial charge on any atom is 0.276 e. The molecule has 0 aromatic carbocycles. The second-order valence-electron chi connectivity index (χ2n) is 4.23. The predicted octanol–water partition coefficient (Wildman–Crippen LogP) is 3.36. The van der Waals surface area contributed by atoms with Gasteiger partial charge in [0.15, 0.2) is 10.9 Å². The first-order valence-corrected chi connectivity index (χ1v) is 7.73. The van der Waals surface area contributed by atoms with Crippen LogP contribution in [0.2, 0.25) is 5.15 Å². The summed E-state index contributed by atoms with van der Waals surface area (Å²) in [5.41, 5.74) is 1.73. The summed E-state index contributed by atoms with van der Waals surface area (Å²) in [6, 6.07) is 8.96. The van der Waals surface area contributed by atoms with Gasteiger partial charge in [-0.15, -0.1) is 0 Å². The summed E-state index contributed by atoms with van der Waals surface area (Å²) in [5.74, 6) is -0.275. The number of nitrogens with one attached hydrogen (secondary N) is 1. The Morgan fingerprint density at radius 2 is 2.19 bits per heavy atom. The van der Waals surface area contributed by atoms with Crippen molar-refractivity contribution in [2.24, 2.45) is 0 Å². The van der Waals surface area contributed by atoms with E-state index in [1.807, 2.05) is 35.1 Å². The monoisotopic (exact) mass is 318 g/mol. The highest BCUT2D eigenvalue weighted by Gasteiger charge is 2.17. The molecule has 3 aromatic heterocycles. The van der Waals surface area contributed by atoms with Gasteiger partial charge in [-0.25, -0.2) is 9.97 Å². The summed E-state index contributed by atoms with van der Waals surface area (Å²) in [5, 5.41) is 3.92. The van der Waals surface area contributed by atoms with Crippen LogP contribution in [-0.2, 0) is 0 Å². The fourth-order valence-corrected chi connectivity index (χ4v) is 2.61. The molecule has 0 saturated heterocycles. The number of rotatable bonds is 3. The van der Waals surface area contributed by atoms with E-state index in [1.54, 1.807) is 12.1 Å². The Balaban J connectivity index is 1.96. The highest BCUT2D eigenvalue weighted by Crippen LogP contribution is 2.21. The molecule has 0 atom stereocenters. The number of imidazole rings is 1. The van der Waals surface area contributed by atoms with Gasteiger partial charge in [-0.05, 0) is 30.5 Å². The topological polar surface area (TPSA) is 59.3 Å². The maximum absolute atomic E-state index is 12.4. The van der Waals surface area contributed by atoms with Gasteiger partial charge in [0.05, 0.1) is 17.4 Å². The lowest BCUT2D eigenvalue weighted by molar-refractivity contribution is 0.102. The zero-order valence-corrected chi connectivity index (χ0v) is 12.6. The van der Waals surface area contributed by atoms with E-state index in [-0.39, 0.29) is 5.91 Å². The third-order valence-electron chi connectivity index (χ3n) is 2.90. The molecule has 0 saturated carbocycles. The van der Waals surface area contributed by atoms with Crippen molar-refractivity contribution in [2.45, 2.75) is 5.16 Å². The van der Waals surface area contributed by atoms with Crippen molar-refractivity contribution in [3.05, 3.63) is 53.6 Å². The minimum Gasteiger partial charge on any atom is -0.319 e. The quantitative estimate of drug-likeness (QED) is 0.594. The Hall–Kier alpha value is -2.05. The van der Waals surface area contributed by atoms with Crippen LogP contribution in [0.25, 0.3) is 5.52 Å². The van der Waals surface area contributed by atoms with Crippen molar-refractivity contribution >= 4 is 40.5 Å². The summed E-state index contributed by atoms with van der Waals surface area (Å²) in [6.45, 7) is 0. The van der Waals surface area contributed by atoms with Crippen LogP contribution in [-0.4, -0.2) is 26.5 Å². The van der Waals surface area contributed by atoms with Gasteiger partial charge in [0.2, 0.25) is 0 Å². The van der Waals surface area contributed by atoms with Gasteiger partial charge in [-0.2, -0.15) is 0 Å². The van der Waals surface area contributed by atoms with Gasteiger partial charge in [-0.3, -0.25) is 9.20 Å². The van der Waals surface area contributed by atoms with E-state index < -0.39 is 0 Å². The van der Waals surface area contributed by atoms with Crippen molar-refractivity contribution in [1.29, 1.82) is 0 Å². The molecular formula is C14H11ClN4OS. The Kier molecular flexibility index (Phi) is 3.81. The molecule has 7 heteroatoms. The Morgan fingerprint density at radius 3 is 2.90 bits per heavy atom. The SMILES string of the molecule is CSc1nc(C(=O)Nc2ccc(Cl)nc2)c2ccccn12. The molecule has 3 aromatic rings. The van der Waals surface area contributed by atoms with Crippen LogP contribution in [0.5, 0.6) is 0 Å². The summed E-state index contributed by atoms with van der Waals surface area (Å²) in [4.78, 5) is 20.7. The molecule has 0 radical (unpaired) electrons. The number of carbonyl (C=O) groups is 1. The molecule has 0 aliphatic carbocycles. The van der Waals surface area contributed by atoms with Gasteiger partial charge in [0, 0.05) is 6.20 Å². The first kappa shape index (κ1) is 13.9. The van der Waals surface area contributed by atoms with Crippen LogP contribution >= 0.6 is 23.4 Å². The molecule has 0 fully saturated rings. The average Bonchev–Trinajstić information content (AvgIpc) is 2.88. The lowest BCUT2D eigenvalue weighted by Gasteiger charge is -2.03. The van der Waals surface area contributed by atoms with Crippen LogP contribution in [0.3, 0.4) is 0 Å². The minimum atomic E-state index is -0.275. The standard InChI is InChI=1S/C14H11ClN4OS/c1-21-14-18-12(10-4-2-3-7-19(10)14)13(20)17-9-5-6-11(15)16-8-9/h2-8H,1H3,(H,17,20). The van der Waals surface area contributed by atoms with Gasteiger partial charge in [-0.1, -0.05) is 29.4 Å².